The number of hydrogen-bond donors (Lipinski definition) is 1. The number of halogens is 1. The molecule has 0 spiro atoms. The van der Waals surface area contributed by atoms with Crippen LogP contribution in [0.4, 0.5) is 0 Å². The third kappa shape index (κ3) is 3.46. The molecule has 0 amide bonds. The smallest absolute Gasteiger partial charge is 0.136 e. The van der Waals surface area contributed by atoms with Crippen LogP contribution in [0.15, 0.2) is 22.7 Å². The van der Waals surface area contributed by atoms with E-state index in [1.807, 2.05) is 6.07 Å². The fourth-order valence-electron chi connectivity index (χ4n) is 1.96. The van der Waals surface area contributed by atoms with Gasteiger partial charge in [-0.05, 0) is 65.2 Å². The largest absolute Gasteiger partial charge is 0.492 e. The first kappa shape index (κ1) is 12.9. The van der Waals surface area contributed by atoms with Crippen molar-refractivity contribution >= 4 is 15.9 Å². The number of hydrogen-bond acceptors (Lipinski definition) is 2. The van der Waals surface area contributed by atoms with Crippen LogP contribution < -0.4 is 10.5 Å². The molecular formula is C14H20BrNO. The van der Waals surface area contributed by atoms with Crippen LogP contribution in [0.3, 0.4) is 0 Å². The molecule has 0 saturated heterocycles. The van der Waals surface area contributed by atoms with E-state index >= 15 is 0 Å². The molecule has 3 heteroatoms. The van der Waals surface area contributed by atoms with Gasteiger partial charge in [0.15, 0.2) is 0 Å². The highest BCUT2D eigenvalue weighted by atomic mass is 79.9. The summed E-state index contributed by atoms with van der Waals surface area (Å²) >= 11 is 3.58. The lowest BCUT2D eigenvalue weighted by molar-refractivity contribution is 0.293. The predicted molar refractivity (Wildman–Crippen MR) is 74.4 cm³/mol. The molecule has 17 heavy (non-hydrogen) atoms. The van der Waals surface area contributed by atoms with Crippen LogP contribution in [0.5, 0.6) is 5.75 Å². The van der Waals surface area contributed by atoms with Crippen molar-refractivity contribution in [2.45, 2.75) is 32.1 Å². The second-order valence-corrected chi connectivity index (χ2v) is 5.75. The summed E-state index contributed by atoms with van der Waals surface area (Å²) in [5.74, 6) is 2.24. The van der Waals surface area contributed by atoms with Gasteiger partial charge >= 0.3 is 0 Å². The van der Waals surface area contributed by atoms with Crippen LogP contribution >= 0.6 is 15.9 Å². The number of rotatable bonds is 6. The highest BCUT2D eigenvalue weighted by Crippen LogP contribution is 2.37. The summed E-state index contributed by atoms with van der Waals surface area (Å²) < 4.78 is 7.03. The van der Waals surface area contributed by atoms with Gasteiger partial charge in [-0.3, -0.25) is 0 Å². The molecule has 0 aliphatic heterocycles. The second kappa shape index (κ2) is 5.87. The van der Waals surface area contributed by atoms with Crippen LogP contribution in [0.25, 0.3) is 0 Å². The molecule has 2 nitrogen and oxygen atoms in total. The molecule has 2 rings (SSSR count). The number of para-hydroxylation sites is 1. The summed E-state index contributed by atoms with van der Waals surface area (Å²) in [7, 11) is 0. The summed E-state index contributed by atoms with van der Waals surface area (Å²) in [5.41, 5.74) is 6.90. The molecule has 0 radical (unpaired) electrons. The minimum atomic E-state index is 0.451. The molecular weight excluding hydrogens is 278 g/mol. The van der Waals surface area contributed by atoms with Gasteiger partial charge in [-0.1, -0.05) is 19.1 Å². The average molecular weight is 298 g/mol. The zero-order valence-electron chi connectivity index (χ0n) is 10.3. The molecule has 0 bridgehead atoms. The average Bonchev–Trinajstić information content (AvgIpc) is 3.11. The molecule has 0 heterocycles. The summed E-state index contributed by atoms with van der Waals surface area (Å²) in [6.45, 7) is 3.78. The van der Waals surface area contributed by atoms with E-state index in [1.165, 1.54) is 18.4 Å². The standard InChI is InChI=1S/C14H20BrNO/c1-10(7-8-16)12-3-2-4-13(15)14(12)17-9-11-5-6-11/h2-4,10-11H,5-9,16H2,1H3. The first-order valence-electron chi connectivity index (χ1n) is 6.33. The SMILES string of the molecule is CC(CCN)c1cccc(Br)c1OCC1CC1. The first-order valence-corrected chi connectivity index (χ1v) is 7.13. The Bertz CT molecular complexity index is 376. The van der Waals surface area contributed by atoms with Gasteiger partial charge in [-0.2, -0.15) is 0 Å². The quantitative estimate of drug-likeness (QED) is 0.869. The molecule has 2 N–H and O–H groups in total. The molecule has 1 saturated carbocycles. The van der Waals surface area contributed by atoms with E-state index < -0.39 is 0 Å². The summed E-state index contributed by atoms with van der Waals surface area (Å²) in [4.78, 5) is 0. The maximum absolute atomic E-state index is 5.97. The second-order valence-electron chi connectivity index (χ2n) is 4.89. The van der Waals surface area contributed by atoms with Crippen molar-refractivity contribution in [3.8, 4) is 5.75 Å². The molecule has 1 atom stereocenters. The Morgan fingerprint density at radius 2 is 2.24 bits per heavy atom. The molecule has 1 aromatic rings. The van der Waals surface area contributed by atoms with E-state index in [0.717, 1.165) is 35.7 Å². The van der Waals surface area contributed by atoms with Crippen LogP contribution in [-0.4, -0.2) is 13.2 Å². The van der Waals surface area contributed by atoms with E-state index in [1.54, 1.807) is 0 Å². The molecule has 1 aliphatic rings. The van der Waals surface area contributed by atoms with Crippen LogP contribution in [0.1, 0.15) is 37.7 Å². The van der Waals surface area contributed by atoms with Gasteiger partial charge < -0.3 is 10.5 Å². The highest BCUT2D eigenvalue weighted by molar-refractivity contribution is 9.10. The van der Waals surface area contributed by atoms with Gasteiger partial charge in [0.05, 0.1) is 11.1 Å². The molecule has 1 aliphatic carbocycles. The lowest BCUT2D eigenvalue weighted by Gasteiger charge is -2.17. The maximum Gasteiger partial charge on any atom is 0.136 e. The topological polar surface area (TPSA) is 35.2 Å². The van der Waals surface area contributed by atoms with Crippen molar-refractivity contribution in [2.24, 2.45) is 11.7 Å². The Balaban J connectivity index is 2.13. The fourth-order valence-corrected chi connectivity index (χ4v) is 2.45. The molecule has 94 valence electrons. The van der Waals surface area contributed by atoms with E-state index in [-0.39, 0.29) is 0 Å². The number of ether oxygens (including phenoxy) is 1. The summed E-state index contributed by atoms with van der Waals surface area (Å²) in [5, 5.41) is 0. The van der Waals surface area contributed by atoms with E-state index in [4.69, 9.17) is 10.5 Å². The third-order valence-electron chi connectivity index (χ3n) is 3.29. The number of nitrogens with two attached hydrogens (primary N) is 1. The fraction of sp³-hybridized carbons (Fsp3) is 0.571. The highest BCUT2D eigenvalue weighted by Gasteiger charge is 2.23. The predicted octanol–water partition coefficient (Wildman–Crippen LogP) is 3.69. The monoisotopic (exact) mass is 297 g/mol. The lowest BCUT2D eigenvalue weighted by atomic mass is 9.97. The van der Waals surface area contributed by atoms with E-state index in [9.17, 15) is 0 Å². The molecule has 0 aromatic heterocycles. The van der Waals surface area contributed by atoms with Crippen LogP contribution in [0.2, 0.25) is 0 Å². The summed E-state index contributed by atoms with van der Waals surface area (Å²) in [6.07, 6.45) is 3.63. The van der Waals surface area contributed by atoms with Crippen molar-refractivity contribution in [3.63, 3.8) is 0 Å². The van der Waals surface area contributed by atoms with Crippen molar-refractivity contribution < 1.29 is 4.74 Å². The number of benzene rings is 1. The van der Waals surface area contributed by atoms with Crippen molar-refractivity contribution in [2.75, 3.05) is 13.2 Å². The van der Waals surface area contributed by atoms with Gasteiger partial charge in [-0.25, -0.2) is 0 Å². The normalized spacial score (nSPS) is 16.9. The van der Waals surface area contributed by atoms with Crippen LogP contribution in [-0.2, 0) is 0 Å². The van der Waals surface area contributed by atoms with Gasteiger partial charge in [0.2, 0.25) is 0 Å². The van der Waals surface area contributed by atoms with Crippen molar-refractivity contribution in [1.82, 2.24) is 0 Å². The Labute approximate surface area is 112 Å². The van der Waals surface area contributed by atoms with E-state index in [2.05, 4.69) is 35.0 Å². The Kier molecular flexibility index (Phi) is 4.46. The zero-order chi connectivity index (χ0) is 12.3. The Hall–Kier alpha value is -0.540. The van der Waals surface area contributed by atoms with Crippen molar-refractivity contribution in [3.05, 3.63) is 28.2 Å². The van der Waals surface area contributed by atoms with Crippen LogP contribution in [0, 0.1) is 5.92 Å². The molecule has 1 unspecified atom stereocenters. The van der Waals surface area contributed by atoms with Gasteiger partial charge in [0.25, 0.3) is 0 Å². The maximum atomic E-state index is 5.97. The van der Waals surface area contributed by atoms with Crippen molar-refractivity contribution in [1.29, 1.82) is 0 Å². The Morgan fingerprint density at radius 1 is 1.47 bits per heavy atom. The van der Waals surface area contributed by atoms with Gasteiger partial charge in [-0.15, -0.1) is 0 Å². The van der Waals surface area contributed by atoms with E-state index in [0.29, 0.717) is 5.92 Å². The lowest BCUT2D eigenvalue weighted by Crippen LogP contribution is -2.08. The van der Waals surface area contributed by atoms with Gasteiger partial charge in [0.1, 0.15) is 5.75 Å². The Morgan fingerprint density at radius 3 is 2.88 bits per heavy atom. The molecule has 1 fully saturated rings. The summed E-state index contributed by atoms with van der Waals surface area (Å²) in [6, 6.07) is 6.25. The minimum Gasteiger partial charge on any atom is -0.492 e. The first-order chi connectivity index (χ1) is 8.22. The third-order valence-corrected chi connectivity index (χ3v) is 3.91. The minimum absolute atomic E-state index is 0.451. The molecule has 1 aromatic carbocycles. The van der Waals surface area contributed by atoms with Gasteiger partial charge in [0, 0.05) is 0 Å². The zero-order valence-corrected chi connectivity index (χ0v) is 11.9.